The van der Waals surface area contributed by atoms with Gasteiger partial charge in [0, 0.05) is 31.6 Å². The summed E-state index contributed by atoms with van der Waals surface area (Å²) in [5, 5.41) is 7.12. The van der Waals surface area contributed by atoms with Crippen LogP contribution in [0.4, 0.5) is 4.39 Å². The van der Waals surface area contributed by atoms with Crippen molar-refractivity contribution in [3.8, 4) is 0 Å². The number of guanidine groups is 1. The molecule has 2 aromatic rings. The van der Waals surface area contributed by atoms with E-state index in [9.17, 15) is 4.39 Å². The summed E-state index contributed by atoms with van der Waals surface area (Å²) in [6.07, 6.45) is 3.51. The highest BCUT2D eigenvalue weighted by Crippen LogP contribution is 2.21. The summed E-state index contributed by atoms with van der Waals surface area (Å²) < 4.78 is 18.2. The minimum absolute atomic E-state index is 0. The molecule has 0 saturated heterocycles. The van der Waals surface area contributed by atoms with Gasteiger partial charge in [-0.25, -0.2) is 4.39 Å². The lowest BCUT2D eigenvalue weighted by molar-refractivity contribution is 0.391. The van der Waals surface area contributed by atoms with Crippen LogP contribution in [-0.2, 0) is 13.1 Å². The molecule has 0 saturated carbocycles. The Bertz CT molecular complexity index is 636. The Kier molecular flexibility index (Phi) is 8.38. The minimum Gasteiger partial charge on any atom is -0.364 e. The molecule has 8 heteroatoms. The Morgan fingerprint density at radius 2 is 2.22 bits per heavy atom. The Labute approximate surface area is 156 Å². The van der Waals surface area contributed by atoms with E-state index in [2.05, 4.69) is 15.5 Å². The van der Waals surface area contributed by atoms with E-state index in [1.54, 1.807) is 30.9 Å². The van der Waals surface area contributed by atoms with Crippen molar-refractivity contribution < 1.29 is 8.91 Å². The van der Waals surface area contributed by atoms with E-state index in [-0.39, 0.29) is 29.8 Å². The van der Waals surface area contributed by atoms with Gasteiger partial charge in [0.2, 0.25) is 0 Å². The predicted octanol–water partition coefficient (Wildman–Crippen LogP) is 3.36. The maximum absolute atomic E-state index is 13.4. The number of halogens is 2. The lowest BCUT2D eigenvalue weighted by atomic mass is 10.2. The van der Waals surface area contributed by atoms with Gasteiger partial charge in [-0.1, -0.05) is 5.16 Å². The number of hydrogen-bond donors (Lipinski definition) is 1. The molecule has 0 amide bonds. The molecular weight excluding hydrogens is 430 g/mol. The third-order valence-electron chi connectivity index (χ3n) is 3.14. The van der Waals surface area contributed by atoms with Crippen molar-refractivity contribution in [3.05, 3.63) is 47.6 Å². The van der Waals surface area contributed by atoms with Gasteiger partial charge >= 0.3 is 0 Å². The fourth-order valence-electron chi connectivity index (χ4n) is 2.08. The number of benzene rings is 1. The van der Waals surface area contributed by atoms with Crippen molar-refractivity contribution in [2.75, 3.05) is 20.4 Å². The first kappa shape index (κ1) is 19.8. The average molecular weight is 450 g/mol. The first-order valence-electron chi connectivity index (χ1n) is 6.77. The van der Waals surface area contributed by atoms with Gasteiger partial charge in [0.1, 0.15) is 17.8 Å². The van der Waals surface area contributed by atoms with Gasteiger partial charge in [-0.2, -0.15) is 0 Å². The van der Waals surface area contributed by atoms with Gasteiger partial charge in [-0.05, 0) is 30.0 Å². The first-order valence-corrected chi connectivity index (χ1v) is 8.00. The second kappa shape index (κ2) is 9.76. The number of nitrogens with zero attached hydrogens (tertiary/aromatic N) is 3. The Morgan fingerprint density at radius 3 is 2.83 bits per heavy atom. The molecule has 1 N–H and O–H groups in total. The fraction of sp³-hybridized carbons (Fsp3) is 0.333. The fourth-order valence-corrected chi connectivity index (χ4v) is 2.68. The van der Waals surface area contributed by atoms with E-state index in [4.69, 9.17) is 4.52 Å². The Balaban J connectivity index is 0.00000264. The van der Waals surface area contributed by atoms with Crippen molar-refractivity contribution in [3.63, 3.8) is 0 Å². The normalized spacial score (nSPS) is 11.0. The van der Waals surface area contributed by atoms with Gasteiger partial charge in [0.05, 0.1) is 6.54 Å². The van der Waals surface area contributed by atoms with Crippen LogP contribution < -0.4 is 5.32 Å². The van der Waals surface area contributed by atoms with Gasteiger partial charge in [0.25, 0.3) is 0 Å². The molecule has 0 aliphatic rings. The lowest BCUT2D eigenvalue weighted by Crippen LogP contribution is -2.38. The van der Waals surface area contributed by atoms with Crippen LogP contribution in [0.2, 0.25) is 0 Å². The number of rotatable bonds is 5. The third kappa shape index (κ3) is 5.69. The van der Waals surface area contributed by atoms with Crippen LogP contribution >= 0.6 is 35.7 Å². The topological polar surface area (TPSA) is 53.7 Å². The number of nitrogens with one attached hydrogen (secondary N) is 1. The van der Waals surface area contributed by atoms with Gasteiger partial charge in [-0.3, -0.25) is 4.99 Å². The summed E-state index contributed by atoms with van der Waals surface area (Å²) in [7, 11) is 3.62. The molecule has 2 rings (SSSR count). The molecule has 5 nitrogen and oxygen atoms in total. The molecule has 126 valence electrons. The number of aliphatic imine (C=N–C) groups is 1. The monoisotopic (exact) mass is 450 g/mol. The molecule has 0 fully saturated rings. The second-order valence-corrected chi connectivity index (χ2v) is 5.55. The van der Waals surface area contributed by atoms with E-state index < -0.39 is 0 Å². The van der Waals surface area contributed by atoms with Crippen molar-refractivity contribution in [2.45, 2.75) is 18.0 Å². The van der Waals surface area contributed by atoms with Gasteiger partial charge < -0.3 is 14.7 Å². The summed E-state index contributed by atoms with van der Waals surface area (Å²) in [5.41, 5.74) is 1.73. The van der Waals surface area contributed by atoms with Crippen molar-refractivity contribution in [1.82, 2.24) is 15.4 Å². The van der Waals surface area contributed by atoms with Crippen LogP contribution in [0.5, 0.6) is 0 Å². The molecular formula is C15H20FIN4OS. The summed E-state index contributed by atoms with van der Waals surface area (Å²) >= 11 is 1.59. The molecule has 0 bridgehead atoms. The highest BCUT2D eigenvalue weighted by atomic mass is 127. The number of hydrogen-bond acceptors (Lipinski definition) is 4. The van der Waals surface area contributed by atoms with Crippen LogP contribution in [0.15, 0.2) is 44.9 Å². The number of aromatic nitrogens is 1. The molecule has 0 radical (unpaired) electrons. The largest absolute Gasteiger partial charge is 0.364 e. The van der Waals surface area contributed by atoms with E-state index in [1.807, 2.05) is 24.3 Å². The summed E-state index contributed by atoms with van der Waals surface area (Å²) in [6, 6.07) is 6.62. The van der Waals surface area contributed by atoms with Crippen LogP contribution in [0.1, 0.15) is 11.3 Å². The van der Waals surface area contributed by atoms with Crippen molar-refractivity contribution >= 4 is 41.7 Å². The summed E-state index contributed by atoms with van der Waals surface area (Å²) in [4.78, 5) is 7.21. The molecule has 0 atom stereocenters. The molecule has 0 aliphatic heterocycles. The third-order valence-corrected chi connectivity index (χ3v) is 3.98. The first-order chi connectivity index (χ1) is 10.6. The van der Waals surface area contributed by atoms with Crippen molar-refractivity contribution in [2.24, 2.45) is 4.99 Å². The maximum atomic E-state index is 13.4. The van der Waals surface area contributed by atoms with Gasteiger partial charge in [-0.15, -0.1) is 35.7 Å². The highest BCUT2D eigenvalue weighted by molar-refractivity contribution is 14.0. The van der Waals surface area contributed by atoms with Crippen LogP contribution in [0, 0.1) is 5.82 Å². The van der Waals surface area contributed by atoms with Crippen LogP contribution in [0.3, 0.4) is 0 Å². The predicted molar refractivity (Wildman–Crippen MR) is 102 cm³/mol. The molecule has 1 heterocycles. The minimum atomic E-state index is -0.236. The Hall–Kier alpha value is -1.29. The zero-order chi connectivity index (χ0) is 15.9. The quantitative estimate of drug-likeness (QED) is 0.328. The van der Waals surface area contributed by atoms with E-state index >= 15 is 0 Å². The molecule has 0 aliphatic carbocycles. The molecule has 0 spiro atoms. The van der Waals surface area contributed by atoms with Gasteiger partial charge in [0.15, 0.2) is 5.96 Å². The number of thioether (sulfide) groups is 1. The SMILES string of the molecule is CN=C(NCc1cc(F)ccc1SC)N(C)Cc1ccon1.I. The maximum Gasteiger partial charge on any atom is 0.194 e. The smallest absolute Gasteiger partial charge is 0.194 e. The van der Waals surface area contributed by atoms with Crippen molar-refractivity contribution in [1.29, 1.82) is 0 Å². The summed E-state index contributed by atoms with van der Waals surface area (Å²) in [5.74, 6) is 0.472. The van der Waals surface area contributed by atoms with Crippen LogP contribution in [-0.4, -0.2) is 36.4 Å². The molecule has 1 aromatic carbocycles. The highest BCUT2D eigenvalue weighted by Gasteiger charge is 2.10. The lowest BCUT2D eigenvalue weighted by Gasteiger charge is -2.21. The van der Waals surface area contributed by atoms with E-state index in [0.717, 1.165) is 16.2 Å². The van der Waals surface area contributed by atoms with Crippen LogP contribution in [0.25, 0.3) is 0 Å². The second-order valence-electron chi connectivity index (χ2n) is 4.70. The zero-order valence-corrected chi connectivity index (χ0v) is 16.4. The molecule has 0 unspecified atom stereocenters. The zero-order valence-electron chi connectivity index (χ0n) is 13.2. The standard InChI is InChI=1S/C15H19FN4OS.HI/c1-17-15(20(2)10-13-6-7-21-19-13)18-9-11-8-12(16)4-5-14(11)22-3;/h4-8H,9-10H2,1-3H3,(H,17,18);1H. The molecule has 23 heavy (non-hydrogen) atoms. The molecule has 1 aromatic heterocycles. The van der Waals surface area contributed by atoms with E-state index in [0.29, 0.717) is 19.0 Å². The van der Waals surface area contributed by atoms with E-state index in [1.165, 1.54) is 12.3 Å². The Morgan fingerprint density at radius 1 is 1.43 bits per heavy atom. The average Bonchev–Trinajstić information content (AvgIpc) is 3.01. The summed E-state index contributed by atoms with van der Waals surface area (Å²) in [6.45, 7) is 1.08.